The van der Waals surface area contributed by atoms with E-state index in [0.29, 0.717) is 11.6 Å². The summed E-state index contributed by atoms with van der Waals surface area (Å²) in [4.78, 5) is 14.6. The van der Waals surface area contributed by atoms with Gasteiger partial charge in [0.1, 0.15) is 0 Å². The first-order valence-corrected chi connectivity index (χ1v) is 8.27. The van der Waals surface area contributed by atoms with Gasteiger partial charge in [0, 0.05) is 22.8 Å². The number of nitrogens with zero attached hydrogens (tertiary/aromatic N) is 1. The topological polar surface area (TPSA) is 58.4 Å². The first-order chi connectivity index (χ1) is 9.56. The van der Waals surface area contributed by atoms with Crippen LogP contribution in [-0.4, -0.2) is 36.5 Å². The maximum Gasteiger partial charge on any atom is 0.249 e. The fourth-order valence-electron chi connectivity index (χ4n) is 2.14. The van der Waals surface area contributed by atoms with Crippen LogP contribution in [0.3, 0.4) is 0 Å². The van der Waals surface area contributed by atoms with E-state index in [0.717, 1.165) is 24.5 Å². The van der Waals surface area contributed by atoms with E-state index in [4.69, 9.17) is 5.73 Å². The van der Waals surface area contributed by atoms with E-state index in [1.807, 2.05) is 11.4 Å². The van der Waals surface area contributed by atoms with Crippen molar-refractivity contribution >= 4 is 17.2 Å². The Kier molecular flexibility index (Phi) is 7.80. The normalized spacial score (nSPS) is 12.8. The summed E-state index contributed by atoms with van der Waals surface area (Å²) in [6.07, 6.45) is 2.39. The summed E-state index contributed by atoms with van der Waals surface area (Å²) >= 11 is 1.58. The number of amides is 1. The van der Waals surface area contributed by atoms with Gasteiger partial charge in [-0.1, -0.05) is 13.8 Å². The molecule has 3 N–H and O–H groups in total. The van der Waals surface area contributed by atoms with Crippen molar-refractivity contribution in [1.82, 2.24) is 10.2 Å². The largest absolute Gasteiger partial charge is 0.366 e. The minimum atomic E-state index is -0.347. The van der Waals surface area contributed by atoms with E-state index in [-0.39, 0.29) is 5.91 Å². The molecule has 0 fully saturated rings. The van der Waals surface area contributed by atoms with E-state index in [9.17, 15) is 4.79 Å². The van der Waals surface area contributed by atoms with E-state index < -0.39 is 0 Å². The van der Waals surface area contributed by atoms with E-state index in [1.165, 1.54) is 19.4 Å². The molecule has 1 heterocycles. The standard InChI is InChI=1S/C15H27N3OS/c1-4-18(5-2)8-6-7-12(3)17-10-14-9-13(11-20-14)15(16)19/h9,11-12,17H,4-8,10H2,1-3H3,(H2,16,19). The molecule has 0 aromatic carbocycles. The molecule has 0 aliphatic heterocycles. The zero-order valence-corrected chi connectivity index (χ0v) is 13.6. The Labute approximate surface area is 126 Å². The lowest BCUT2D eigenvalue weighted by atomic mass is 10.1. The maximum atomic E-state index is 11.0. The van der Waals surface area contributed by atoms with Crippen molar-refractivity contribution in [3.8, 4) is 0 Å². The van der Waals surface area contributed by atoms with Crippen LogP contribution in [0.5, 0.6) is 0 Å². The zero-order chi connectivity index (χ0) is 15.0. The second-order valence-corrected chi connectivity index (χ2v) is 6.11. The number of nitrogens with two attached hydrogens (primary N) is 1. The highest BCUT2D eigenvalue weighted by molar-refractivity contribution is 7.10. The van der Waals surface area contributed by atoms with Crippen LogP contribution in [0.15, 0.2) is 11.4 Å². The van der Waals surface area contributed by atoms with Crippen molar-refractivity contribution < 1.29 is 4.79 Å². The molecule has 4 nitrogen and oxygen atoms in total. The third-order valence-corrected chi connectivity index (χ3v) is 4.51. The summed E-state index contributed by atoms with van der Waals surface area (Å²) in [7, 11) is 0. The molecule has 1 amide bonds. The van der Waals surface area contributed by atoms with Gasteiger partial charge in [-0.05, 0) is 45.5 Å². The molecule has 0 saturated heterocycles. The van der Waals surface area contributed by atoms with Crippen LogP contribution in [0, 0.1) is 0 Å². The third kappa shape index (κ3) is 6.03. The van der Waals surface area contributed by atoms with Crippen LogP contribution in [-0.2, 0) is 6.54 Å². The quantitative estimate of drug-likeness (QED) is 0.697. The molecule has 20 heavy (non-hydrogen) atoms. The van der Waals surface area contributed by atoms with Gasteiger partial charge in [-0.25, -0.2) is 0 Å². The Balaban J connectivity index is 2.22. The van der Waals surface area contributed by atoms with Crippen molar-refractivity contribution in [2.75, 3.05) is 19.6 Å². The molecule has 1 rings (SSSR count). The second kappa shape index (κ2) is 9.10. The van der Waals surface area contributed by atoms with Crippen molar-refractivity contribution in [2.24, 2.45) is 5.73 Å². The van der Waals surface area contributed by atoms with Crippen LogP contribution < -0.4 is 11.1 Å². The summed E-state index contributed by atoms with van der Waals surface area (Å²) in [5.41, 5.74) is 5.86. The molecule has 1 aromatic heterocycles. The minimum Gasteiger partial charge on any atom is -0.366 e. The van der Waals surface area contributed by atoms with Gasteiger partial charge in [0.2, 0.25) is 5.91 Å². The van der Waals surface area contributed by atoms with E-state index in [1.54, 1.807) is 11.3 Å². The smallest absolute Gasteiger partial charge is 0.249 e. The molecule has 0 aliphatic carbocycles. The van der Waals surface area contributed by atoms with Crippen LogP contribution >= 0.6 is 11.3 Å². The second-order valence-electron chi connectivity index (χ2n) is 5.12. The first kappa shape index (κ1) is 17.1. The maximum absolute atomic E-state index is 11.0. The van der Waals surface area contributed by atoms with Gasteiger partial charge in [-0.15, -0.1) is 11.3 Å². The minimum absolute atomic E-state index is 0.347. The fourth-order valence-corrected chi connectivity index (χ4v) is 2.96. The Hall–Kier alpha value is -0.910. The zero-order valence-electron chi connectivity index (χ0n) is 12.8. The van der Waals surface area contributed by atoms with Gasteiger partial charge in [-0.2, -0.15) is 0 Å². The van der Waals surface area contributed by atoms with Crippen LogP contribution in [0.4, 0.5) is 0 Å². The Morgan fingerprint density at radius 3 is 2.70 bits per heavy atom. The SMILES string of the molecule is CCN(CC)CCCC(C)NCc1cc(C(N)=O)cs1. The van der Waals surface area contributed by atoms with Gasteiger partial charge >= 0.3 is 0 Å². The average molecular weight is 297 g/mol. The molecule has 0 radical (unpaired) electrons. The van der Waals surface area contributed by atoms with Crippen LogP contribution in [0.1, 0.15) is 48.8 Å². The Morgan fingerprint density at radius 2 is 2.15 bits per heavy atom. The number of hydrogen-bond donors (Lipinski definition) is 2. The van der Waals surface area contributed by atoms with Gasteiger partial charge in [-0.3, -0.25) is 4.79 Å². The highest BCUT2D eigenvalue weighted by Gasteiger charge is 2.07. The summed E-state index contributed by atoms with van der Waals surface area (Å²) in [5, 5.41) is 5.32. The lowest BCUT2D eigenvalue weighted by Crippen LogP contribution is -2.28. The highest BCUT2D eigenvalue weighted by atomic mass is 32.1. The molecule has 0 saturated carbocycles. The fraction of sp³-hybridized carbons (Fsp3) is 0.667. The predicted octanol–water partition coefficient (Wildman–Crippen LogP) is 2.45. The van der Waals surface area contributed by atoms with Crippen LogP contribution in [0.2, 0.25) is 0 Å². The lowest BCUT2D eigenvalue weighted by Gasteiger charge is -2.19. The number of rotatable bonds is 10. The number of carbonyl (C=O) groups excluding carboxylic acids is 1. The van der Waals surface area contributed by atoms with Crippen molar-refractivity contribution in [3.63, 3.8) is 0 Å². The van der Waals surface area contributed by atoms with E-state index >= 15 is 0 Å². The van der Waals surface area contributed by atoms with Crippen molar-refractivity contribution in [1.29, 1.82) is 0 Å². The molecule has 1 unspecified atom stereocenters. The summed E-state index contributed by atoms with van der Waals surface area (Å²) in [5.74, 6) is -0.347. The number of carbonyl (C=O) groups is 1. The van der Waals surface area contributed by atoms with E-state index in [2.05, 4.69) is 31.0 Å². The number of nitrogens with one attached hydrogen (secondary N) is 1. The number of thiophene rings is 1. The molecule has 5 heteroatoms. The van der Waals surface area contributed by atoms with Crippen molar-refractivity contribution in [2.45, 2.75) is 46.2 Å². The molecule has 1 atom stereocenters. The third-order valence-electron chi connectivity index (χ3n) is 3.57. The Morgan fingerprint density at radius 1 is 1.45 bits per heavy atom. The summed E-state index contributed by atoms with van der Waals surface area (Å²) in [6, 6.07) is 2.37. The molecule has 0 spiro atoms. The van der Waals surface area contributed by atoms with Gasteiger partial charge < -0.3 is 16.0 Å². The highest BCUT2D eigenvalue weighted by Crippen LogP contribution is 2.14. The summed E-state index contributed by atoms with van der Waals surface area (Å²) < 4.78 is 0. The number of primary amides is 1. The lowest BCUT2D eigenvalue weighted by molar-refractivity contribution is 0.100. The van der Waals surface area contributed by atoms with Gasteiger partial charge in [0.05, 0.1) is 5.56 Å². The molecule has 114 valence electrons. The first-order valence-electron chi connectivity index (χ1n) is 7.39. The van der Waals surface area contributed by atoms with Gasteiger partial charge in [0.15, 0.2) is 0 Å². The average Bonchev–Trinajstić information content (AvgIpc) is 2.90. The number of hydrogen-bond acceptors (Lipinski definition) is 4. The predicted molar refractivity (Wildman–Crippen MR) is 86.2 cm³/mol. The monoisotopic (exact) mass is 297 g/mol. The molecular weight excluding hydrogens is 270 g/mol. The molecule has 0 bridgehead atoms. The van der Waals surface area contributed by atoms with Crippen LogP contribution in [0.25, 0.3) is 0 Å². The summed E-state index contributed by atoms with van der Waals surface area (Å²) in [6.45, 7) is 10.9. The Bertz CT molecular complexity index is 402. The molecule has 1 aromatic rings. The van der Waals surface area contributed by atoms with Crippen molar-refractivity contribution in [3.05, 3.63) is 21.9 Å². The molecule has 0 aliphatic rings. The molecular formula is C15H27N3OS. The van der Waals surface area contributed by atoms with Gasteiger partial charge in [0.25, 0.3) is 0 Å².